The largest absolute Gasteiger partial charge is 0.359 e. The van der Waals surface area contributed by atoms with Gasteiger partial charge in [-0.25, -0.2) is 4.98 Å². The van der Waals surface area contributed by atoms with Crippen LogP contribution < -0.4 is 5.56 Å². The summed E-state index contributed by atoms with van der Waals surface area (Å²) in [5, 5.41) is 5.38. The summed E-state index contributed by atoms with van der Waals surface area (Å²) >= 11 is 5.92. The van der Waals surface area contributed by atoms with Crippen LogP contribution in [0.4, 0.5) is 0 Å². The van der Waals surface area contributed by atoms with E-state index >= 15 is 0 Å². The lowest BCUT2D eigenvalue weighted by Crippen LogP contribution is -2.21. The van der Waals surface area contributed by atoms with Crippen LogP contribution in [-0.4, -0.2) is 27.1 Å². The molecule has 0 saturated carbocycles. The minimum atomic E-state index is -0.131. The summed E-state index contributed by atoms with van der Waals surface area (Å²) in [5.41, 5.74) is 2.26. The number of rotatable bonds is 5. The van der Waals surface area contributed by atoms with Crippen molar-refractivity contribution in [3.8, 4) is 11.3 Å². The SMILES string of the molecule is CN(Cc1nc2ccccc2c(=O)[nH]1)Cc1cc(-c2ccc(Cl)cc2)no1. The van der Waals surface area contributed by atoms with Gasteiger partial charge in [0.25, 0.3) is 5.56 Å². The van der Waals surface area contributed by atoms with E-state index in [2.05, 4.69) is 15.1 Å². The third-order valence-corrected chi connectivity index (χ3v) is 4.46. The smallest absolute Gasteiger partial charge is 0.258 e. The van der Waals surface area contributed by atoms with Gasteiger partial charge in [-0.05, 0) is 31.3 Å². The van der Waals surface area contributed by atoms with Gasteiger partial charge in [0.1, 0.15) is 11.5 Å². The summed E-state index contributed by atoms with van der Waals surface area (Å²) in [6, 6.07) is 16.6. The molecule has 6 nitrogen and oxygen atoms in total. The maximum atomic E-state index is 12.2. The van der Waals surface area contributed by atoms with Crippen molar-refractivity contribution in [3.05, 3.63) is 81.6 Å². The lowest BCUT2D eigenvalue weighted by Gasteiger charge is -2.14. The van der Waals surface area contributed by atoms with E-state index in [0.29, 0.717) is 34.8 Å². The number of fused-ring (bicyclic) bond motifs is 1. The molecule has 0 aliphatic carbocycles. The summed E-state index contributed by atoms with van der Waals surface area (Å²) in [6.07, 6.45) is 0. The molecule has 7 heteroatoms. The lowest BCUT2D eigenvalue weighted by molar-refractivity contribution is 0.262. The van der Waals surface area contributed by atoms with Crippen LogP contribution in [0.15, 0.2) is 63.9 Å². The molecule has 136 valence electrons. The molecule has 4 rings (SSSR count). The van der Waals surface area contributed by atoms with Crippen LogP contribution in [0.2, 0.25) is 5.02 Å². The number of para-hydroxylation sites is 1. The Bertz CT molecular complexity index is 1130. The average molecular weight is 381 g/mol. The number of benzene rings is 2. The molecule has 2 aromatic heterocycles. The molecule has 2 aromatic carbocycles. The zero-order chi connectivity index (χ0) is 18.8. The monoisotopic (exact) mass is 380 g/mol. The van der Waals surface area contributed by atoms with E-state index in [4.69, 9.17) is 16.1 Å². The van der Waals surface area contributed by atoms with Crippen LogP contribution in [0.5, 0.6) is 0 Å². The van der Waals surface area contributed by atoms with Crippen molar-refractivity contribution < 1.29 is 4.52 Å². The molecule has 0 unspecified atom stereocenters. The average Bonchev–Trinajstić information content (AvgIpc) is 3.10. The molecular formula is C20H17ClN4O2. The zero-order valence-electron chi connectivity index (χ0n) is 14.6. The lowest BCUT2D eigenvalue weighted by atomic mass is 10.1. The van der Waals surface area contributed by atoms with Gasteiger partial charge >= 0.3 is 0 Å². The quantitative estimate of drug-likeness (QED) is 0.569. The maximum Gasteiger partial charge on any atom is 0.258 e. The van der Waals surface area contributed by atoms with Gasteiger partial charge in [-0.1, -0.05) is 41.0 Å². The topological polar surface area (TPSA) is 75.0 Å². The third-order valence-electron chi connectivity index (χ3n) is 4.21. The number of H-pyrrole nitrogens is 1. The molecule has 0 bridgehead atoms. The first kappa shape index (κ1) is 17.5. The molecular weight excluding hydrogens is 364 g/mol. The van der Waals surface area contributed by atoms with Crippen molar-refractivity contribution in [2.24, 2.45) is 0 Å². The summed E-state index contributed by atoms with van der Waals surface area (Å²) in [7, 11) is 1.93. The molecule has 0 amide bonds. The standard InChI is InChI=1S/C20H17ClN4O2/c1-25(12-19-22-17-5-3-2-4-16(17)20(26)23-19)11-15-10-18(24-27-15)13-6-8-14(21)9-7-13/h2-10H,11-12H2,1H3,(H,22,23,26). The summed E-state index contributed by atoms with van der Waals surface area (Å²) in [5.74, 6) is 1.34. The van der Waals surface area contributed by atoms with Crippen LogP contribution in [-0.2, 0) is 13.1 Å². The fourth-order valence-corrected chi connectivity index (χ4v) is 3.06. The molecule has 0 spiro atoms. The van der Waals surface area contributed by atoms with Crippen LogP contribution in [0.1, 0.15) is 11.6 Å². The highest BCUT2D eigenvalue weighted by Gasteiger charge is 2.11. The fourth-order valence-electron chi connectivity index (χ4n) is 2.93. The van der Waals surface area contributed by atoms with E-state index in [1.807, 2.05) is 60.5 Å². The van der Waals surface area contributed by atoms with Crippen molar-refractivity contribution >= 4 is 22.5 Å². The Morgan fingerprint density at radius 2 is 1.89 bits per heavy atom. The van der Waals surface area contributed by atoms with Crippen LogP contribution >= 0.6 is 11.6 Å². The molecule has 1 N–H and O–H groups in total. The summed E-state index contributed by atoms with van der Waals surface area (Å²) in [6.45, 7) is 1.02. The normalized spacial score (nSPS) is 11.4. The van der Waals surface area contributed by atoms with Crippen molar-refractivity contribution in [2.45, 2.75) is 13.1 Å². The van der Waals surface area contributed by atoms with E-state index < -0.39 is 0 Å². The molecule has 4 aromatic rings. The first-order valence-electron chi connectivity index (χ1n) is 8.46. The summed E-state index contributed by atoms with van der Waals surface area (Å²) < 4.78 is 5.43. The predicted octanol–water partition coefficient (Wildman–Crippen LogP) is 3.86. The van der Waals surface area contributed by atoms with Crippen molar-refractivity contribution in [3.63, 3.8) is 0 Å². The second-order valence-corrected chi connectivity index (χ2v) is 6.82. The highest BCUT2D eigenvalue weighted by atomic mass is 35.5. The molecule has 0 saturated heterocycles. The minimum Gasteiger partial charge on any atom is -0.359 e. The third kappa shape index (κ3) is 3.92. The maximum absolute atomic E-state index is 12.2. The number of hydrogen-bond acceptors (Lipinski definition) is 5. The molecule has 0 aliphatic rings. The van der Waals surface area contributed by atoms with E-state index in [1.54, 1.807) is 6.07 Å². The summed E-state index contributed by atoms with van der Waals surface area (Å²) in [4.78, 5) is 21.5. The molecule has 0 fully saturated rings. The minimum absolute atomic E-state index is 0.131. The highest BCUT2D eigenvalue weighted by Crippen LogP contribution is 2.22. The van der Waals surface area contributed by atoms with Gasteiger partial charge in [-0.3, -0.25) is 9.69 Å². The number of nitrogens with zero attached hydrogens (tertiary/aromatic N) is 3. The Kier molecular flexibility index (Phi) is 4.75. The molecule has 0 radical (unpaired) electrons. The van der Waals surface area contributed by atoms with Gasteiger partial charge in [0.15, 0.2) is 5.76 Å². The van der Waals surface area contributed by atoms with Gasteiger partial charge in [-0.2, -0.15) is 0 Å². The van der Waals surface area contributed by atoms with E-state index in [9.17, 15) is 4.79 Å². The van der Waals surface area contributed by atoms with Crippen LogP contribution in [0, 0.1) is 0 Å². The Balaban J connectivity index is 1.48. The second kappa shape index (κ2) is 7.34. The first-order chi connectivity index (χ1) is 13.1. The molecule has 0 atom stereocenters. The zero-order valence-corrected chi connectivity index (χ0v) is 15.4. The van der Waals surface area contributed by atoms with E-state index in [-0.39, 0.29) is 5.56 Å². The van der Waals surface area contributed by atoms with Crippen LogP contribution in [0.3, 0.4) is 0 Å². The Morgan fingerprint density at radius 3 is 2.70 bits per heavy atom. The number of aromatic nitrogens is 3. The number of nitrogens with one attached hydrogen (secondary N) is 1. The molecule has 2 heterocycles. The Hall–Kier alpha value is -2.96. The van der Waals surface area contributed by atoms with Crippen molar-refractivity contribution in [2.75, 3.05) is 7.05 Å². The second-order valence-electron chi connectivity index (χ2n) is 6.39. The first-order valence-corrected chi connectivity index (χ1v) is 8.84. The van der Waals surface area contributed by atoms with Crippen molar-refractivity contribution in [1.29, 1.82) is 0 Å². The van der Waals surface area contributed by atoms with Gasteiger partial charge in [-0.15, -0.1) is 0 Å². The van der Waals surface area contributed by atoms with E-state index in [1.165, 1.54) is 0 Å². The van der Waals surface area contributed by atoms with Crippen molar-refractivity contribution in [1.82, 2.24) is 20.0 Å². The van der Waals surface area contributed by atoms with Gasteiger partial charge in [0.05, 0.1) is 24.0 Å². The Labute approximate surface area is 160 Å². The predicted molar refractivity (Wildman–Crippen MR) is 104 cm³/mol. The van der Waals surface area contributed by atoms with Gasteiger partial charge in [0, 0.05) is 16.7 Å². The van der Waals surface area contributed by atoms with Gasteiger partial charge < -0.3 is 9.51 Å². The number of aromatic amines is 1. The Morgan fingerprint density at radius 1 is 1.11 bits per heavy atom. The number of halogens is 1. The molecule has 27 heavy (non-hydrogen) atoms. The van der Waals surface area contributed by atoms with E-state index in [0.717, 1.165) is 17.0 Å². The van der Waals surface area contributed by atoms with Crippen LogP contribution in [0.25, 0.3) is 22.2 Å². The highest BCUT2D eigenvalue weighted by molar-refractivity contribution is 6.30. The van der Waals surface area contributed by atoms with Gasteiger partial charge in [0.2, 0.25) is 0 Å². The molecule has 0 aliphatic heterocycles. The number of hydrogen-bond donors (Lipinski definition) is 1. The fraction of sp³-hybridized carbons (Fsp3) is 0.150.